The Labute approximate surface area is 137 Å². The van der Waals surface area contributed by atoms with E-state index in [1.807, 2.05) is 5.43 Å². The van der Waals surface area contributed by atoms with Crippen molar-refractivity contribution in [1.82, 2.24) is 15.8 Å². The quantitative estimate of drug-likeness (QED) is 0.398. The van der Waals surface area contributed by atoms with Crippen molar-refractivity contribution in [3.05, 3.63) is 40.7 Å². The molecule has 2 N–H and O–H groups in total. The number of hydrogen-bond acceptors (Lipinski definition) is 7. The normalized spacial score (nSPS) is 10.3. The summed E-state index contributed by atoms with van der Waals surface area (Å²) < 4.78 is 4.88. The van der Waals surface area contributed by atoms with E-state index in [0.29, 0.717) is 23.5 Å². The van der Waals surface area contributed by atoms with Crippen molar-refractivity contribution in [3.8, 4) is 0 Å². The first kappa shape index (κ1) is 18.8. The van der Waals surface area contributed by atoms with Crippen LogP contribution in [0.3, 0.4) is 0 Å². The van der Waals surface area contributed by atoms with Crippen LogP contribution in [0.2, 0.25) is 0 Å². The van der Waals surface area contributed by atoms with Gasteiger partial charge < -0.3 is 14.6 Å². The first-order valence-corrected chi connectivity index (χ1v) is 6.91. The Morgan fingerprint density at radius 1 is 1.12 bits per heavy atom. The van der Waals surface area contributed by atoms with Crippen LogP contribution in [0.5, 0.6) is 0 Å². The molecule has 9 nitrogen and oxygen atoms in total. The third-order valence-corrected chi connectivity index (χ3v) is 2.81. The van der Waals surface area contributed by atoms with Gasteiger partial charge >= 0.3 is 5.97 Å². The number of ether oxygens (including phenoxy) is 1. The number of carbonyl (C=O) groups is 4. The van der Waals surface area contributed by atoms with Gasteiger partial charge in [0.15, 0.2) is 0 Å². The molecule has 0 spiro atoms. The number of esters is 1. The summed E-state index contributed by atoms with van der Waals surface area (Å²) in [4.78, 5) is 49.5. The smallest absolute Gasteiger partial charge is 0.339 e. The maximum Gasteiger partial charge on any atom is 0.339 e. The molecule has 0 bridgehead atoms. The highest BCUT2D eigenvalue weighted by Gasteiger charge is 2.18. The topological polar surface area (TPSA) is 138 Å². The lowest BCUT2D eigenvalue weighted by molar-refractivity contribution is -0.297. The van der Waals surface area contributed by atoms with E-state index >= 15 is 0 Å². The van der Waals surface area contributed by atoms with Crippen LogP contribution in [0.25, 0.3) is 0 Å². The Bertz CT molecular complexity index is 711. The van der Waals surface area contributed by atoms with Gasteiger partial charge in [-0.05, 0) is 32.9 Å². The minimum atomic E-state index is -1.55. The summed E-state index contributed by atoms with van der Waals surface area (Å²) in [6, 6.07) is 1.31. The Balaban J connectivity index is 2.90. The van der Waals surface area contributed by atoms with Gasteiger partial charge in [0.2, 0.25) is 0 Å². The van der Waals surface area contributed by atoms with Gasteiger partial charge in [-0.1, -0.05) is 0 Å². The number of pyridine rings is 1. The second-order valence-electron chi connectivity index (χ2n) is 4.57. The second kappa shape index (κ2) is 8.42. The Hall–Kier alpha value is -3.23. The molecule has 0 saturated carbocycles. The van der Waals surface area contributed by atoms with Crippen molar-refractivity contribution >= 4 is 23.8 Å². The van der Waals surface area contributed by atoms with Crippen LogP contribution in [0, 0.1) is 13.8 Å². The molecule has 24 heavy (non-hydrogen) atoms. The van der Waals surface area contributed by atoms with Gasteiger partial charge in [0.05, 0.1) is 35.1 Å². The highest BCUT2D eigenvalue weighted by atomic mass is 16.5. The van der Waals surface area contributed by atoms with Crippen LogP contribution in [0.1, 0.15) is 39.0 Å². The zero-order valence-electron chi connectivity index (χ0n) is 13.3. The number of nitrogens with zero attached hydrogens (tertiary/aromatic N) is 1. The Morgan fingerprint density at radius 3 is 2.33 bits per heavy atom. The molecule has 0 saturated heterocycles. The van der Waals surface area contributed by atoms with Gasteiger partial charge in [-0.15, -0.1) is 0 Å². The Morgan fingerprint density at radius 2 is 1.75 bits per heavy atom. The average Bonchev–Trinajstić information content (AvgIpc) is 2.50. The summed E-state index contributed by atoms with van der Waals surface area (Å²) in [7, 11) is 0. The van der Waals surface area contributed by atoms with Crippen molar-refractivity contribution in [2.45, 2.75) is 20.8 Å². The predicted octanol–water partition coefficient (Wildman–Crippen LogP) is -1.06. The number of carbonyl (C=O) groups excluding carboxylic acids is 4. The summed E-state index contributed by atoms with van der Waals surface area (Å²) in [5.74, 6) is -3.75. The van der Waals surface area contributed by atoms with Gasteiger partial charge in [-0.2, -0.15) is 0 Å². The molecule has 1 aromatic heterocycles. The number of carboxylic acid groups (broad SMARTS) is 1. The number of hydrogen-bond donors (Lipinski definition) is 2. The molecule has 0 unspecified atom stereocenters. The SMILES string of the molecule is CCOC(=O)c1cc(C(=O)NNC(=O)C=CC(=O)[O-])c(C)nc1C. The van der Waals surface area contributed by atoms with Gasteiger partial charge in [0.1, 0.15) is 0 Å². The zero-order valence-corrected chi connectivity index (χ0v) is 13.3. The van der Waals surface area contributed by atoms with Crippen molar-refractivity contribution < 1.29 is 29.0 Å². The number of amides is 2. The number of hydrazine groups is 1. The van der Waals surface area contributed by atoms with E-state index in [4.69, 9.17) is 4.74 Å². The summed E-state index contributed by atoms with van der Waals surface area (Å²) >= 11 is 0. The second-order valence-corrected chi connectivity index (χ2v) is 4.57. The van der Waals surface area contributed by atoms with E-state index in [1.54, 1.807) is 20.8 Å². The molecule has 0 aliphatic rings. The third kappa shape index (κ3) is 5.20. The van der Waals surface area contributed by atoms with E-state index in [1.165, 1.54) is 6.07 Å². The summed E-state index contributed by atoms with van der Waals surface area (Å²) in [6.07, 6.45) is 1.19. The number of aliphatic carboxylic acids is 1. The number of nitrogens with one attached hydrogen (secondary N) is 2. The fourth-order valence-electron chi connectivity index (χ4n) is 1.74. The lowest BCUT2D eigenvalue weighted by Crippen LogP contribution is -2.41. The van der Waals surface area contributed by atoms with Crippen molar-refractivity contribution in [3.63, 3.8) is 0 Å². The molecule has 9 heteroatoms. The van der Waals surface area contributed by atoms with E-state index < -0.39 is 23.8 Å². The van der Waals surface area contributed by atoms with Crippen LogP contribution in [0.4, 0.5) is 0 Å². The van der Waals surface area contributed by atoms with Crippen molar-refractivity contribution in [1.29, 1.82) is 0 Å². The van der Waals surface area contributed by atoms with Crippen LogP contribution in [0.15, 0.2) is 18.2 Å². The van der Waals surface area contributed by atoms with E-state index in [2.05, 4.69) is 10.4 Å². The Kier molecular flexibility index (Phi) is 6.60. The first-order chi connectivity index (χ1) is 11.3. The largest absolute Gasteiger partial charge is 0.545 e. The fourth-order valence-corrected chi connectivity index (χ4v) is 1.74. The van der Waals surface area contributed by atoms with E-state index in [0.717, 1.165) is 0 Å². The van der Waals surface area contributed by atoms with Gasteiger partial charge in [-0.3, -0.25) is 25.4 Å². The lowest BCUT2D eigenvalue weighted by atomic mass is 10.1. The maximum atomic E-state index is 12.1. The number of aryl methyl sites for hydroxylation is 2. The average molecular weight is 334 g/mol. The molecule has 0 fully saturated rings. The van der Waals surface area contributed by atoms with Crippen LogP contribution in [-0.4, -0.2) is 35.3 Å². The summed E-state index contributed by atoms with van der Waals surface area (Å²) in [5, 5.41) is 10.2. The molecule has 1 heterocycles. The maximum absolute atomic E-state index is 12.1. The molecule has 0 aliphatic carbocycles. The van der Waals surface area contributed by atoms with Crippen molar-refractivity contribution in [2.75, 3.05) is 6.61 Å². The van der Waals surface area contributed by atoms with Crippen LogP contribution < -0.4 is 16.0 Å². The molecule has 0 radical (unpaired) electrons. The molecule has 0 aromatic carbocycles. The molecule has 2 amide bonds. The fraction of sp³-hybridized carbons (Fsp3) is 0.267. The minimum absolute atomic E-state index is 0.0628. The molecular formula is C15H16N3O6-. The van der Waals surface area contributed by atoms with Crippen LogP contribution in [-0.2, 0) is 14.3 Å². The number of rotatable bonds is 5. The van der Waals surface area contributed by atoms with Crippen LogP contribution >= 0.6 is 0 Å². The molecule has 128 valence electrons. The highest BCUT2D eigenvalue weighted by molar-refractivity contribution is 6.00. The third-order valence-electron chi connectivity index (χ3n) is 2.81. The molecule has 0 aliphatic heterocycles. The summed E-state index contributed by atoms with van der Waals surface area (Å²) in [5.41, 5.74) is 5.03. The van der Waals surface area contributed by atoms with E-state index in [9.17, 15) is 24.3 Å². The summed E-state index contributed by atoms with van der Waals surface area (Å²) in [6.45, 7) is 4.99. The van der Waals surface area contributed by atoms with Crippen molar-refractivity contribution in [2.24, 2.45) is 0 Å². The highest BCUT2D eigenvalue weighted by Crippen LogP contribution is 2.14. The zero-order chi connectivity index (χ0) is 18.3. The standard InChI is InChI=1S/C15H17N3O6/c1-4-24-15(23)11-7-10(8(2)16-9(11)3)14(22)18-17-12(19)5-6-13(20)21/h5-7H,4H2,1-3H3,(H,17,19)(H,18,22)(H,20,21)/p-1. The lowest BCUT2D eigenvalue weighted by Gasteiger charge is -2.11. The number of aromatic nitrogens is 1. The number of carboxylic acids is 1. The monoisotopic (exact) mass is 334 g/mol. The molecule has 0 atom stereocenters. The van der Waals surface area contributed by atoms with E-state index in [-0.39, 0.29) is 17.7 Å². The predicted molar refractivity (Wildman–Crippen MR) is 79.4 cm³/mol. The molecule has 1 aromatic rings. The molecule has 1 rings (SSSR count). The van der Waals surface area contributed by atoms with Gasteiger partial charge in [0, 0.05) is 6.08 Å². The van der Waals surface area contributed by atoms with Gasteiger partial charge in [0.25, 0.3) is 11.8 Å². The first-order valence-electron chi connectivity index (χ1n) is 6.91. The molecular weight excluding hydrogens is 318 g/mol. The minimum Gasteiger partial charge on any atom is -0.545 e. The van der Waals surface area contributed by atoms with Gasteiger partial charge in [-0.25, -0.2) is 4.79 Å².